The van der Waals surface area contributed by atoms with Gasteiger partial charge in [0, 0.05) is 5.69 Å². The van der Waals surface area contributed by atoms with Crippen LogP contribution in [0.4, 0.5) is 18.9 Å². The first-order chi connectivity index (χ1) is 11.3. The lowest BCUT2D eigenvalue weighted by molar-refractivity contribution is -0.137. The van der Waals surface area contributed by atoms with Gasteiger partial charge in [0.05, 0.1) is 11.1 Å². The van der Waals surface area contributed by atoms with Gasteiger partial charge < -0.3 is 5.32 Å². The molecule has 2 rings (SSSR count). The Kier molecular flexibility index (Phi) is 5.44. The average Bonchev–Trinajstić information content (AvgIpc) is 2.53. The zero-order chi connectivity index (χ0) is 17.7. The minimum atomic E-state index is -4.57. The molecule has 5 heteroatoms. The molecule has 1 N–H and O–H groups in total. The third kappa shape index (κ3) is 4.47. The van der Waals surface area contributed by atoms with Crippen LogP contribution in [0.1, 0.15) is 35.3 Å². The highest BCUT2D eigenvalue weighted by Gasteiger charge is 2.34. The van der Waals surface area contributed by atoms with E-state index in [2.05, 4.69) is 5.32 Å². The Labute approximate surface area is 139 Å². The Hall–Kier alpha value is -2.56. The number of hydrogen-bond donors (Lipinski definition) is 1. The maximum absolute atomic E-state index is 13.0. The number of halogens is 3. The van der Waals surface area contributed by atoms with Crippen LogP contribution in [0.2, 0.25) is 0 Å². The maximum Gasteiger partial charge on any atom is 0.417 e. The van der Waals surface area contributed by atoms with Gasteiger partial charge in [0.15, 0.2) is 0 Å². The predicted octanol–water partition coefficient (Wildman–Crippen LogP) is 5.47. The minimum absolute atomic E-state index is 0.387. The summed E-state index contributed by atoms with van der Waals surface area (Å²) in [6.45, 7) is 3.92. The summed E-state index contributed by atoms with van der Waals surface area (Å²) in [6.07, 6.45) is -1.98. The monoisotopic (exact) mass is 333 g/mol. The van der Waals surface area contributed by atoms with Crippen molar-refractivity contribution >= 4 is 11.6 Å². The van der Waals surface area contributed by atoms with Gasteiger partial charge in [0.1, 0.15) is 0 Å². The number of rotatable bonds is 4. The number of carbonyl (C=O) groups excluding carboxylic acids is 1. The summed E-state index contributed by atoms with van der Waals surface area (Å²) in [6, 6.07) is 11.8. The quantitative estimate of drug-likeness (QED) is 0.739. The van der Waals surface area contributed by atoms with Gasteiger partial charge in [-0.15, -0.1) is 0 Å². The number of allylic oxidation sites excluding steroid dienone is 2. The molecule has 2 aromatic carbocycles. The van der Waals surface area contributed by atoms with E-state index < -0.39 is 17.6 Å². The molecule has 0 bridgehead atoms. The molecule has 0 radical (unpaired) electrons. The summed E-state index contributed by atoms with van der Waals surface area (Å²) < 4.78 is 39.1. The van der Waals surface area contributed by atoms with Gasteiger partial charge in [-0.1, -0.05) is 42.0 Å². The van der Waals surface area contributed by atoms with E-state index in [1.54, 1.807) is 12.1 Å². The number of carbonyl (C=O) groups is 1. The van der Waals surface area contributed by atoms with E-state index in [0.29, 0.717) is 12.1 Å². The second-order valence-corrected chi connectivity index (χ2v) is 5.64. The molecular formula is C19H18F3NO. The van der Waals surface area contributed by atoms with Gasteiger partial charge in [-0.3, -0.25) is 4.79 Å². The van der Waals surface area contributed by atoms with Crippen LogP contribution in [0, 0.1) is 0 Å². The van der Waals surface area contributed by atoms with Crippen LogP contribution in [0.5, 0.6) is 0 Å². The summed E-state index contributed by atoms with van der Waals surface area (Å²) in [4.78, 5) is 12.3. The van der Waals surface area contributed by atoms with Crippen molar-refractivity contribution < 1.29 is 18.0 Å². The van der Waals surface area contributed by atoms with Crippen LogP contribution >= 0.6 is 0 Å². The largest absolute Gasteiger partial charge is 0.417 e. The Morgan fingerprint density at radius 1 is 1.04 bits per heavy atom. The van der Waals surface area contributed by atoms with Crippen LogP contribution < -0.4 is 5.32 Å². The summed E-state index contributed by atoms with van der Waals surface area (Å²) in [7, 11) is 0. The molecule has 126 valence electrons. The fraction of sp³-hybridized carbons (Fsp3) is 0.211. The molecular weight excluding hydrogens is 315 g/mol. The number of alkyl halides is 3. The molecule has 2 nitrogen and oxygen atoms in total. The molecule has 1 amide bonds. The average molecular weight is 333 g/mol. The maximum atomic E-state index is 13.0. The normalized spacial score (nSPS) is 11.0. The van der Waals surface area contributed by atoms with E-state index in [1.807, 2.05) is 32.1 Å². The van der Waals surface area contributed by atoms with Gasteiger partial charge in [0.2, 0.25) is 0 Å². The summed E-state index contributed by atoms with van der Waals surface area (Å²) in [5.41, 5.74) is 1.15. The molecule has 0 aromatic heterocycles. The lowest BCUT2D eigenvalue weighted by Crippen LogP contribution is -2.19. The van der Waals surface area contributed by atoms with Crippen molar-refractivity contribution in [1.29, 1.82) is 0 Å². The number of amides is 1. The molecule has 0 spiro atoms. The lowest BCUT2D eigenvalue weighted by atomic mass is 10.0. The third-order valence-electron chi connectivity index (χ3n) is 3.47. The fourth-order valence-electron chi connectivity index (χ4n) is 2.25. The third-order valence-corrected chi connectivity index (χ3v) is 3.47. The Bertz CT molecular complexity index is 759. The van der Waals surface area contributed by atoms with Crippen molar-refractivity contribution in [3.8, 4) is 0 Å². The van der Waals surface area contributed by atoms with Gasteiger partial charge in [-0.2, -0.15) is 13.2 Å². The van der Waals surface area contributed by atoms with Gasteiger partial charge in [-0.05, 0) is 44.0 Å². The van der Waals surface area contributed by atoms with Gasteiger partial charge >= 0.3 is 6.18 Å². The van der Waals surface area contributed by atoms with Crippen molar-refractivity contribution in [2.24, 2.45) is 0 Å². The van der Waals surface area contributed by atoms with Crippen LogP contribution in [0.15, 0.2) is 60.2 Å². The minimum Gasteiger partial charge on any atom is -0.322 e. The first-order valence-electron chi connectivity index (χ1n) is 7.48. The molecule has 0 aliphatic rings. The van der Waals surface area contributed by atoms with Crippen LogP contribution in [-0.2, 0) is 12.6 Å². The molecule has 24 heavy (non-hydrogen) atoms. The number of hydrogen-bond acceptors (Lipinski definition) is 1. The molecule has 0 atom stereocenters. The molecule has 0 heterocycles. The number of nitrogens with one attached hydrogen (secondary N) is 1. The first-order valence-corrected chi connectivity index (χ1v) is 7.48. The first kappa shape index (κ1) is 17.8. The summed E-state index contributed by atoms with van der Waals surface area (Å²) in [5.74, 6) is -0.771. The van der Waals surface area contributed by atoms with E-state index in [4.69, 9.17) is 0 Å². The van der Waals surface area contributed by atoms with Gasteiger partial charge in [-0.25, -0.2) is 0 Å². The molecule has 2 aromatic rings. The molecule has 0 aliphatic carbocycles. The summed E-state index contributed by atoms with van der Waals surface area (Å²) >= 11 is 0. The second-order valence-electron chi connectivity index (χ2n) is 5.64. The highest BCUT2D eigenvalue weighted by atomic mass is 19.4. The van der Waals surface area contributed by atoms with E-state index >= 15 is 0 Å². The Morgan fingerprint density at radius 2 is 1.67 bits per heavy atom. The molecule has 0 saturated heterocycles. The highest BCUT2D eigenvalue weighted by molar-refractivity contribution is 6.05. The number of benzene rings is 2. The Morgan fingerprint density at radius 3 is 2.33 bits per heavy atom. The molecule has 0 fully saturated rings. The molecule has 0 aliphatic heterocycles. The van der Waals surface area contributed by atoms with Crippen molar-refractivity contribution in [3.05, 3.63) is 76.9 Å². The van der Waals surface area contributed by atoms with Gasteiger partial charge in [0.25, 0.3) is 5.91 Å². The topological polar surface area (TPSA) is 29.1 Å². The summed E-state index contributed by atoms with van der Waals surface area (Å²) in [5, 5.41) is 2.59. The Balaban J connectivity index is 2.30. The van der Waals surface area contributed by atoms with Crippen molar-refractivity contribution in [2.45, 2.75) is 26.4 Å². The zero-order valence-electron chi connectivity index (χ0n) is 13.4. The molecule has 0 unspecified atom stereocenters. The smallest absolute Gasteiger partial charge is 0.322 e. The van der Waals surface area contributed by atoms with Crippen LogP contribution in [0.3, 0.4) is 0 Å². The number of anilines is 1. The SMILES string of the molecule is CC(C)=CCc1ccccc1NC(=O)c1ccccc1C(F)(F)F. The van der Waals surface area contributed by atoms with Crippen molar-refractivity contribution in [3.63, 3.8) is 0 Å². The fourth-order valence-corrected chi connectivity index (χ4v) is 2.25. The standard InChI is InChI=1S/C19H18F3NO/c1-13(2)11-12-14-7-3-6-10-17(14)23-18(24)15-8-4-5-9-16(15)19(20,21)22/h3-11H,12H2,1-2H3,(H,23,24). The van der Waals surface area contributed by atoms with Crippen LogP contribution in [0.25, 0.3) is 0 Å². The van der Waals surface area contributed by atoms with E-state index in [-0.39, 0.29) is 5.56 Å². The van der Waals surface area contributed by atoms with E-state index in [9.17, 15) is 18.0 Å². The molecule has 0 saturated carbocycles. The number of para-hydroxylation sites is 1. The zero-order valence-corrected chi connectivity index (χ0v) is 13.4. The second kappa shape index (κ2) is 7.34. The van der Waals surface area contributed by atoms with E-state index in [1.165, 1.54) is 18.2 Å². The predicted molar refractivity (Wildman–Crippen MR) is 89.0 cm³/mol. The van der Waals surface area contributed by atoms with Crippen LogP contribution in [-0.4, -0.2) is 5.91 Å². The van der Waals surface area contributed by atoms with Crippen molar-refractivity contribution in [1.82, 2.24) is 0 Å². The van der Waals surface area contributed by atoms with Crippen molar-refractivity contribution in [2.75, 3.05) is 5.32 Å². The van der Waals surface area contributed by atoms with E-state index in [0.717, 1.165) is 17.2 Å². The lowest BCUT2D eigenvalue weighted by Gasteiger charge is -2.14. The highest BCUT2D eigenvalue weighted by Crippen LogP contribution is 2.32.